The number of hydrogen-bond acceptors (Lipinski definition) is 7. The first-order chi connectivity index (χ1) is 9.67. The summed E-state index contributed by atoms with van der Waals surface area (Å²) in [5.74, 6) is 6.18. The maximum absolute atomic E-state index is 5.86. The molecule has 2 atom stereocenters. The zero-order chi connectivity index (χ0) is 14.5. The summed E-state index contributed by atoms with van der Waals surface area (Å²) in [5.41, 5.74) is 3.46. The first-order valence-corrected chi connectivity index (χ1v) is 6.84. The lowest BCUT2D eigenvalue weighted by Crippen LogP contribution is -2.51. The van der Waals surface area contributed by atoms with Gasteiger partial charge < -0.3 is 9.47 Å². The third-order valence-electron chi connectivity index (χ3n) is 3.59. The third-order valence-corrected chi connectivity index (χ3v) is 3.59. The summed E-state index contributed by atoms with van der Waals surface area (Å²) in [4.78, 5) is 10.9. The van der Waals surface area contributed by atoms with Crippen LogP contribution in [0.3, 0.4) is 0 Å². The second kappa shape index (κ2) is 6.94. The van der Waals surface area contributed by atoms with Crippen molar-refractivity contribution < 1.29 is 9.47 Å². The quantitative estimate of drug-likeness (QED) is 0.584. The summed E-state index contributed by atoms with van der Waals surface area (Å²) < 4.78 is 11.1. The van der Waals surface area contributed by atoms with Gasteiger partial charge >= 0.3 is 0 Å². The Morgan fingerprint density at radius 1 is 1.45 bits per heavy atom. The molecule has 1 fully saturated rings. The zero-order valence-electron chi connectivity index (χ0n) is 12.2. The predicted octanol–water partition coefficient (Wildman–Crippen LogP) is 0.0988. The van der Waals surface area contributed by atoms with Gasteiger partial charge in [0.1, 0.15) is 5.69 Å². The number of nitrogens with one attached hydrogen (secondary N) is 1. The molecule has 0 saturated carbocycles. The number of nitrogens with two attached hydrogens (primary N) is 1. The molecule has 3 N–H and O–H groups in total. The van der Waals surface area contributed by atoms with Crippen LogP contribution < -0.4 is 16.0 Å². The topological polar surface area (TPSA) is 85.5 Å². The fourth-order valence-corrected chi connectivity index (χ4v) is 2.44. The van der Waals surface area contributed by atoms with Crippen LogP contribution in [0.5, 0.6) is 5.88 Å². The number of hydrogen-bond donors (Lipinski definition) is 2. The highest BCUT2D eigenvalue weighted by molar-refractivity contribution is 5.22. The Bertz CT molecular complexity index is 429. The van der Waals surface area contributed by atoms with E-state index in [-0.39, 0.29) is 12.1 Å². The lowest BCUT2D eigenvalue weighted by Gasteiger charge is -2.38. The number of nitrogens with zero attached hydrogens (tertiary/aromatic N) is 3. The van der Waals surface area contributed by atoms with E-state index in [4.69, 9.17) is 15.3 Å². The number of methoxy groups -OCH3 is 1. The average molecular weight is 281 g/mol. The molecule has 0 amide bonds. The summed E-state index contributed by atoms with van der Waals surface area (Å²) in [5, 5.41) is 0. The largest absolute Gasteiger partial charge is 0.480 e. The predicted molar refractivity (Wildman–Crippen MR) is 75.1 cm³/mol. The van der Waals surface area contributed by atoms with Gasteiger partial charge in [-0.1, -0.05) is 0 Å². The van der Waals surface area contributed by atoms with Crippen LogP contribution in [0.1, 0.15) is 25.6 Å². The van der Waals surface area contributed by atoms with E-state index in [0.717, 1.165) is 13.1 Å². The van der Waals surface area contributed by atoms with Gasteiger partial charge in [-0.05, 0) is 13.8 Å². The molecule has 112 valence electrons. The molecule has 1 aliphatic heterocycles. The van der Waals surface area contributed by atoms with Crippen molar-refractivity contribution in [1.82, 2.24) is 20.3 Å². The van der Waals surface area contributed by atoms with Crippen molar-refractivity contribution in [2.45, 2.75) is 32.0 Å². The summed E-state index contributed by atoms with van der Waals surface area (Å²) in [6.45, 7) is 6.77. The van der Waals surface area contributed by atoms with Crippen molar-refractivity contribution in [1.29, 1.82) is 0 Å². The van der Waals surface area contributed by atoms with Crippen molar-refractivity contribution in [3.05, 3.63) is 18.1 Å². The van der Waals surface area contributed by atoms with Crippen LogP contribution in [0.15, 0.2) is 12.4 Å². The molecule has 0 aliphatic carbocycles. The Labute approximate surface area is 119 Å². The summed E-state index contributed by atoms with van der Waals surface area (Å²) >= 11 is 0. The third kappa shape index (κ3) is 3.24. The van der Waals surface area contributed by atoms with Crippen molar-refractivity contribution in [2.24, 2.45) is 5.84 Å². The van der Waals surface area contributed by atoms with Crippen LogP contribution in [0.2, 0.25) is 0 Å². The first kappa shape index (κ1) is 15.1. The summed E-state index contributed by atoms with van der Waals surface area (Å²) in [6, 6.07) is 0.226. The standard InChI is InChI=1S/C13H23N5O2/c1-9(2)18-6-7-20-10(8-18)11(17-14)12-13(19-3)16-5-4-15-12/h4-5,9-11,17H,6-8,14H2,1-3H3. The number of aromatic nitrogens is 2. The SMILES string of the molecule is COc1nccnc1C(NN)C1CN(C(C)C)CCO1. The minimum atomic E-state index is -0.250. The van der Waals surface area contributed by atoms with Crippen LogP contribution in [0.4, 0.5) is 0 Å². The van der Waals surface area contributed by atoms with Crippen molar-refractivity contribution in [3.8, 4) is 5.88 Å². The monoisotopic (exact) mass is 281 g/mol. The van der Waals surface area contributed by atoms with Crippen LogP contribution in [0.25, 0.3) is 0 Å². The molecule has 2 unspecified atom stereocenters. The number of ether oxygens (including phenoxy) is 2. The van der Waals surface area contributed by atoms with Crippen LogP contribution in [0, 0.1) is 0 Å². The normalized spacial score (nSPS) is 21.9. The van der Waals surface area contributed by atoms with E-state index in [2.05, 4.69) is 34.1 Å². The minimum Gasteiger partial charge on any atom is -0.480 e. The van der Waals surface area contributed by atoms with E-state index >= 15 is 0 Å². The Morgan fingerprint density at radius 2 is 2.20 bits per heavy atom. The maximum atomic E-state index is 5.86. The average Bonchev–Trinajstić information content (AvgIpc) is 2.49. The number of hydrazine groups is 1. The smallest absolute Gasteiger partial charge is 0.237 e. The van der Waals surface area contributed by atoms with Gasteiger partial charge in [0.2, 0.25) is 5.88 Å². The van der Waals surface area contributed by atoms with E-state index in [1.165, 1.54) is 0 Å². The summed E-state index contributed by atoms with van der Waals surface area (Å²) in [7, 11) is 1.57. The van der Waals surface area contributed by atoms with Gasteiger partial charge in [-0.25, -0.2) is 10.4 Å². The Hall–Kier alpha value is -1.28. The highest BCUT2D eigenvalue weighted by atomic mass is 16.5. The molecule has 1 aliphatic rings. The van der Waals surface area contributed by atoms with E-state index in [9.17, 15) is 0 Å². The first-order valence-electron chi connectivity index (χ1n) is 6.84. The fourth-order valence-electron chi connectivity index (χ4n) is 2.44. The van der Waals surface area contributed by atoms with Crippen LogP contribution >= 0.6 is 0 Å². The van der Waals surface area contributed by atoms with Gasteiger partial charge in [0.05, 0.1) is 25.9 Å². The Kier molecular flexibility index (Phi) is 5.24. The molecule has 2 heterocycles. The van der Waals surface area contributed by atoms with Gasteiger partial charge in [-0.3, -0.25) is 15.7 Å². The lowest BCUT2D eigenvalue weighted by molar-refractivity contribution is -0.0571. The molecule has 0 radical (unpaired) electrons. The van der Waals surface area contributed by atoms with E-state index in [0.29, 0.717) is 24.2 Å². The van der Waals surface area contributed by atoms with Crippen molar-refractivity contribution in [3.63, 3.8) is 0 Å². The fraction of sp³-hybridized carbons (Fsp3) is 0.692. The molecule has 1 aromatic heterocycles. The molecule has 7 nitrogen and oxygen atoms in total. The van der Waals surface area contributed by atoms with Crippen molar-refractivity contribution >= 4 is 0 Å². The van der Waals surface area contributed by atoms with E-state index < -0.39 is 0 Å². The molecule has 20 heavy (non-hydrogen) atoms. The number of morpholine rings is 1. The number of rotatable bonds is 5. The van der Waals surface area contributed by atoms with E-state index in [1.54, 1.807) is 19.5 Å². The molecule has 0 spiro atoms. The second-order valence-electron chi connectivity index (χ2n) is 5.09. The molecule has 7 heteroatoms. The second-order valence-corrected chi connectivity index (χ2v) is 5.09. The maximum Gasteiger partial charge on any atom is 0.237 e. The molecule has 0 bridgehead atoms. The molecule has 1 saturated heterocycles. The minimum absolute atomic E-state index is 0.0817. The molecular formula is C13H23N5O2. The van der Waals surface area contributed by atoms with Gasteiger partial charge in [-0.2, -0.15) is 0 Å². The lowest BCUT2D eigenvalue weighted by atomic mass is 10.1. The Balaban J connectivity index is 2.19. The highest BCUT2D eigenvalue weighted by Crippen LogP contribution is 2.26. The van der Waals surface area contributed by atoms with E-state index in [1.807, 2.05) is 0 Å². The molecule has 2 rings (SSSR count). The van der Waals surface area contributed by atoms with Gasteiger partial charge in [0.15, 0.2) is 0 Å². The van der Waals surface area contributed by atoms with Crippen LogP contribution in [-0.2, 0) is 4.74 Å². The van der Waals surface area contributed by atoms with Gasteiger partial charge in [-0.15, -0.1) is 0 Å². The molecule has 0 aromatic carbocycles. The molecular weight excluding hydrogens is 258 g/mol. The van der Waals surface area contributed by atoms with Crippen LogP contribution in [-0.4, -0.2) is 53.8 Å². The van der Waals surface area contributed by atoms with Crippen molar-refractivity contribution in [2.75, 3.05) is 26.8 Å². The van der Waals surface area contributed by atoms with Gasteiger partial charge in [0, 0.05) is 31.5 Å². The van der Waals surface area contributed by atoms with Gasteiger partial charge in [0.25, 0.3) is 0 Å². The highest BCUT2D eigenvalue weighted by Gasteiger charge is 2.32. The Morgan fingerprint density at radius 3 is 2.85 bits per heavy atom. The molecule has 1 aromatic rings. The summed E-state index contributed by atoms with van der Waals surface area (Å²) in [6.07, 6.45) is 3.14. The zero-order valence-corrected chi connectivity index (χ0v) is 12.2.